The van der Waals surface area contributed by atoms with E-state index in [1.165, 1.54) is 51.4 Å². The van der Waals surface area contributed by atoms with Crippen LogP contribution in [0.3, 0.4) is 0 Å². The van der Waals surface area contributed by atoms with Gasteiger partial charge in [0, 0.05) is 0 Å². The molecule has 0 amide bonds. The van der Waals surface area contributed by atoms with Crippen molar-refractivity contribution in [3.05, 3.63) is 0 Å². The van der Waals surface area contributed by atoms with Gasteiger partial charge in [-0.1, -0.05) is 44.9 Å². The molecule has 0 heterocycles. The van der Waals surface area contributed by atoms with Crippen LogP contribution in [0.5, 0.6) is 0 Å². The van der Waals surface area contributed by atoms with E-state index in [0.29, 0.717) is 0 Å². The van der Waals surface area contributed by atoms with Crippen molar-refractivity contribution in [2.75, 3.05) is 0 Å². The van der Waals surface area contributed by atoms with Crippen molar-refractivity contribution in [2.45, 2.75) is 76.2 Å². The van der Waals surface area contributed by atoms with Crippen molar-refractivity contribution < 1.29 is 5.11 Å². The van der Waals surface area contributed by atoms with Gasteiger partial charge in [0.25, 0.3) is 0 Å². The molecule has 0 atom stereocenters. The number of hydrogen-bond acceptors (Lipinski definition) is 1. The van der Waals surface area contributed by atoms with Crippen LogP contribution in [0.1, 0.15) is 70.6 Å². The van der Waals surface area contributed by atoms with Crippen LogP contribution in [-0.4, -0.2) is 10.7 Å². The highest BCUT2D eigenvalue weighted by molar-refractivity contribution is 4.83. The molecule has 0 aliphatic heterocycles. The third kappa shape index (κ3) is 2.73. The Labute approximate surface area is 87.9 Å². The average Bonchev–Trinajstić information content (AvgIpc) is 2.69. The van der Waals surface area contributed by atoms with Crippen molar-refractivity contribution in [2.24, 2.45) is 5.92 Å². The third-order valence-corrected chi connectivity index (χ3v) is 4.28. The zero-order valence-electron chi connectivity index (χ0n) is 9.30. The van der Waals surface area contributed by atoms with Gasteiger partial charge >= 0.3 is 0 Å². The van der Waals surface area contributed by atoms with Gasteiger partial charge in [-0.3, -0.25) is 0 Å². The van der Waals surface area contributed by atoms with E-state index in [-0.39, 0.29) is 5.60 Å². The van der Waals surface area contributed by atoms with Crippen LogP contribution in [0.15, 0.2) is 0 Å². The topological polar surface area (TPSA) is 20.2 Å². The zero-order chi connectivity index (χ0) is 9.86. The summed E-state index contributed by atoms with van der Waals surface area (Å²) in [5.41, 5.74) is -0.263. The molecule has 0 saturated heterocycles. The fourth-order valence-electron chi connectivity index (χ4n) is 3.23. The standard InChI is InChI=1S/C13H24O/c14-13(9-4-1-5-10-13)11-8-12-6-2-3-7-12/h12,14H,1-11H2. The zero-order valence-corrected chi connectivity index (χ0v) is 9.30. The molecule has 0 radical (unpaired) electrons. The second-order valence-electron chi connectivity index (χ2n) is 5.47. The Balaban J connectivity index is 1.72. The third-order valence-electron chi connectivity index (χ3n) is 4.28. The molecule has 2 aliphatic carbocycles. The molecule has 0 unspecified atom stereocenters. The molecule has 0 aromatic heterocycles. The Morgan fingerprint density at radius 2 is 1.57 bits per heavy atom. The molecule has 2 rings (SSSR count). The van der Waals surface area contributed by atoms with Crippen LogP contribution in [0.2, 0.25) is 0 Å². The molecule has 1 heteroatoms. The van der Waals surface area contributed by atoms with Crippen molar-refractivity contribution in [3.63, 3.8) is 0 Å². The minimum Gasteiger partial charge on any atom is -0.390 e. The SMILES string of the molecule is OC1(CCC2CCCC2)CCCCC1. The molecule has 1 nitrogen and oxygen atoms in total. The molecule has 0 spiro atoms. The summed E-state index contributed by atoms with van der Waals surface area (Å²) in [5, 5.41) is 10.3. The first kappa shape index (κ1) is 10.5. The summed E-state index contributed by atoms with van der Waals surface area (Å²) in [6.07, 6.45) is 14.1. The summed E-state index contributed by atoms with van der Waals surface area (Å²) in [4.78, 5) is 0. The average molecular weight is 196 g/mol. The maximum atomic E-state index is 10.3. The predicted molar refractivity (Wildman–Crippen MR) is 59.2 cm³/mol. The van der Waals surface area contributed by atoms with E-state index >= 15 is 0 Å². The van der Waals surface area contributed by atoms with Crippen molar-refractivity contribution in [1.29, 1.82) is 0 Å². The highest BCUT2D eigenvalue weighted by Gasteiger charge is 2.30. The summed E-state index contributed by atoms with van der Waals surface area (Å²) >= 11 is 0. The molecule has 0 aromatic carbocycles. The fraction of sp³-hybridized carbons (Fsp3) is 1.00. The summed E-state index contributed by atoms with van der Waals surface area (Å²) in [6, 6.07) is 0. The van der Waals surface area contributed by atoms with Crippen molar-refractivity contribution in [3.8, 4) is 0 Å². The normalized spacial score (nSPS) is 28.1. The minimum absolute atomic E-state index is 0.263. The largest absolute Gasteiger partial charge is 0.390 e. The van der Waals surface area contributed by atoms with Gasteiger partial charge < -0.3 is 5.11 Å². The molecule has 0 bridgehead atoms. The van der Waals surface area contributed by atoms with Crippen LogP contribution in [-0.2, 0) is 0 Å². The van der Waals surface area contributed by atoms with Crippen LogP contribution in [0.4, 0.5) is 0 Å². The lowest BCUT2D eigenvalue weighted by molar-refractivity contribution is -0.00873. The quantitative estimate of drug-likeness (QED) is 0.730. The first-order chi connectivity index (χ1) is 6.79. The van der Waals surface area contributed by atoms with E-state index in [1.807, 2.05) is 0 Å². The number of aliphatic hydroxyl groups is 1. The Hall–Kier alpha value is -0.0400. The Kier molecular flexibility index (Phi) is 3.48. The van der Waals surface area contributed by atoms with Crippen LogP contribution in [0, 0.1) is 5.92 Å². The summed E-state index contributed by atoms with van der Waals surface area (Å²) in [5.74, 6) is 0.945. The molecule has 1 N–H and O–H groups in total. The van der Waals surface area contributed by atoms with Gasteiger partial charge in [-0.15, -0.1) is 0 Å². The summed E-state index contributed by atoms with van der Waals surface area (Å²) < 4.78 is 0. The molecule has 2 aliphatic rings. The van der Waals surface area contributed by atoms with Gasteiger partial charge in [0.05, 0.1) is 5.60 Å². The Morgan fingerprint density at radius 3 is 2.21 bits per heavy atom. The number of hydrogen-bond donors (Lipinski definition) is 1. The van der Waals surface area contributed by atoms with Gasteiger partial charge in [0.15, 0.2) is 0 Å². The van der Waals surface area contributed by atoms with E-state index < -0.39 is 0 Å². The van der Waals surface area contributed by atoms with Crippen molar-refractivity contribution in [1.82, 2.24) is 0 Å². The molecule has 14 heavy (non-hydrogen) atoms. The van der Waals surface area contributed by atoms with E-state index in [2.05, 4.69) is 0 Å². The highest BCUT2D eigenvalue weighted by Crippen LogP contribution is 2.36. The first-order valence-electron chi connectivity index (χ1n) is 6.51. The molecule has 0 aromatic rings. The molecular formula is C13H24O. The Bertz CT molecular complexity index is 164. The lowest BCUT2D eigenvalue weighted by Crippen LogP contribution is -2.31. The summed E-state index contributed by atoms with van der Waals surface area (Å²) in [6.45, 7) is 0. The Morgan fingerprint density at radius 1 is 0.929 bits per heavy atom. The first-order valence-corrected chi connectivity index (χ1v) is 6.51. The van der Waals surface area contributed by atoms with Gasteiger partial charge in [-0.2, -0.15) is 0 Å². The fourth-order valence-corrected chi connectivity index (χ4v) is 3.23. The van der Waals surface area contributed by atoms with Gasteiger partial charge in [-0.05, 0) is 31.6 Å². The van der Waals surface area contributed by atoms with E-state index in [0.717, 1.165) is 25.2 Å². The van der Waals surface area contributed by atoms with Crippen LogP contribution >= 0.6 is 0 Å². The second kappa shape index (κ2) is 4.65. The van der Waals surface area contributed by atoms with E-state index in [4.69, 9.17) is 0 Å². The monoisotopic (exact) mass is 196 g/mol. The van der Waals surface area contributed by atoms with E-state index in [9.17, 15) is 5.11 Å². The van der Waals surface area contributed by atoms with Gasteiger partial charge in [-0.25, -0.2) is 0 Å². The summed E-state index contributed by atoms with van der Waals surface area (Å²) in [7, 11) is 0. The molecule has 82 valence electrons. The minimum atomic E-state index is -0.263. The van der Waals surface area contributed by atoms with Crippen LogP contribution < -0.4 is 0 Å². The number of rotatable bonds is 3. The molecular weight excluding hydrogens is 172 g/mol. The smallest absolute Gasteiger partial charge is 0.0648 e. The maximum absolute atomic E-state index is 10.3. The predicted octanol–water partition coefficient (Wildman–Crippen LogP) is 3.65. The highest BCUT2D eigenvalue weighted by atomic mass is 16.3. The van der Waals surface area contributed by atoms with Crippen LogP contribution in [0.25, 0.3) is 0 Å². The lowest BCUT2D eigenvalue weighted by atomic mass is 9.80. The van der Waals surface area contributed by atoms with Gasteiger partial charge in [0.2, 0.25) is 0 Å². The van der Waals surface area contributed by atoms with E-state index in [1.54, 1.807) is 0 Å². The van der Waals surface area contributed by atoms with Gasteiger partial charge in [0.1, 0.15) is 0 Å². The molecule has 2 fully saturated rings. The van der Waals surface area contributed by atoms with Crippen molar-refractivity contribution >= 4 is 0 Å². The second-order valence-corrected chi connectivity index (χ2v) is 5.47. The lowest BCUT2D eigenvalue weighted by Gasteiger charge is -2.32. The maximum Gasteiger partial charge on any atom is 0.0648 e. The molecule has 2 saturated carbocycles.